The quantitative estimate of drug-likeness (QED) is 0.740. The summed E-state index contributed by atoms with van der Waals surface area (Å²) in [7, 11) is 0. The molecule has 2 rings (SSSR count). The standard InChI is InChI=1S/C21H26N2O3/c1-4-8-19(24)23-20(15(2)3)21(25)22-16-11-13-18(14-12-16)26-17-9-6-5-7-10-17/h5-7,9-15,20H,4,8H2,1-3H3,(H,22,25)(H,23,24). The van der Waals surface area contributed by atoms with Crippen molar-refractivity contribution in [1.29, 1.82) is 0 Å². The van der Waals surface area contributed by atoms with Gasteiger partial charge in [-0.2, -0.15) is 0 Å². The summed E-state index contributed by atoms with van der Waals surface area (Å²) in [5.74, 6) is 1.11. The van der Waals surface area contributed by atoms with Crippen LogP contribution in [0.1, 0.15) is 33.6 Å². The average molecular weight is 354 g/mol. The van der Waals surface area contributed by atoms with Crippen LogP contribution in [0.5, 0.6) is 11.5 Å². The van der Waals surface area contributed by atoms with Gasteiger partial charge in [0.2, 0.25) is 11.8 Å². The largest absolute Gasteiger partial charge is 0.457 e. The Morgan fingerprint density at radius 1 is 0.962 bits per heavy atom. The Balaban J connectivity index is 1.97. The second-order valence-corrected chi connectivity index (χ2v) is 6.47. The van der Waals surface area contributed by atoms with Crippen molar-refractivity contribution < 1.29 is 14.3 Å². The van der Waals surface area contributed by atoms with E-state index >= 15 is 0 Å². The van der Waals surface area contributed by atoms with Crippen molar-refractivity contribution in [2.24, 2.45) is 5.92 Å². The molecular weight excluding hydrogens is 328 g/mol. The molecule has 0 fully saturated rings. The van der Waals surface area contributed by atoms with Gasteiger partial charge in [-0.25, -0.2) is 0 Å². The van der Waals surface area contributed by atoms with E-state index in [0.717, 1.165) is 12.2 Å². The maximum atomic E-state index is 12.5. The van der Waals surface area contributed by atoms with Gasteiger partial charge in [-0.1, -0.05) is 39.0 Å². The van der Waals surface area contributed by atoms with E-state index in [4.69, 9.17) is 4.74 Å². The van der Waals surface area contributed by atoms with Gasteiger partial charge in [0.15, 0.2) is 0 Å². The van der Waals surface area contributed by atoms with Gasteiger partial charge in [0.25, 0.3) is 0 Å². The number of carbonyl (C=O) groups excluding carboxylic acids is 2. The minimum absolute atomic E-state index is 0.00325. The van der Waals surface area contributed by atoms with Gasteiger partial charge in [-0.3, -0.25) is 9.59 Å². The van der Waals surface area contributed by atoms with E-state index in [-0.39, 0.29) is 17.7 Å². The fourth-order valence-corrected chi connectivity index (χ4v) is 2.46. The van der Waals surface area contributed by atoms with Gasteiger partial charge in [0.05, 0.1) is 0 Å². The number of amides is 2. The molecule has 2 aromatic rings. The van der Waals surface area contributed by atoms with E-state index in [1.54, 1.807) is 24.3 Å². The van der Waals surface area contributed by atoms with Crippen molar-refractivity contribution in [2.45, 2.75) is 39.7 Å². The zero-order valence-electron chi connectivity index (χ0n) is 15.5. The van der Waals surface area contributed by atoms with E-state index in [1.807, 2.05) is 51.1 Å². The van der Waals surface area contributed by atoms with Gasteiger partial charge in [-0.15, -0.1) is 0 Å². The summed E-state index contributed by atoms with van der Waals surface area (Å²) >= 11 is 0. The van der Waals surface area contributed by atoms with Crippen molar-refractivity contribution >= 4 is 17.5 Å². The predicted molar refractivity (Wildman–Crippen MR) is 103 cm³/mol. The average Bonchev–Trinajstić information content (AvgIpc) is 2.62. The van der Waals surface area contributed by atoms with E-state index in [0.29, 0.717) is 17.9 Å². The molecule has 2 amide bonds. The third kappa shape index (κ3) is 5.92. The first-order chi connectivity index (χ1) is 12.5. The monoisotopic (exact) mass is 354 g/mol. The van der Waals surface area contributed by atoms with Crippen LogP contribution in [0.2, 0.25) is 0 Å². The summed E-state index contributed by atoms with van der Waals surface area (Å²) in [6.45, 7) is 5.75. The molecule has 0 bridgehead atoms. The number of hydrogen-bond acceptors (Lipinski definition) is 3. The topological polar surface area (TPSA) is 67.4 Å². The lowest BCUT2D eigenvalue weighted by Gasteiger charge is -2.21. The van der Waals surface area contributed by atoms with E-state index < -0.39 is 6.04 Å². The molecule has 0 saturated heterocycles. The summed E-state index contributed by atoms with van der Waals surface area (Å²) in [5.41, 5.74) is 0.658. The van der Waals surface area contributed by atoms with Crippen LogP contribution in [0.25, 0.3) is 0 Å². The Morgan fingerprint density at radius 2 is 1.58 bits per heavy atom. The molecule has 0 saturated carbocycles. The van der Waals surface area contributed by atoms with Crippen LogP contribution in [-0.2, 0) is 9.59 Å². The van der Waals surface area contributed by atoms with Crippen LogP contribution in [-0.4, -0.2) is 17.9 Å². The fourth-order valence-electron chi connectivity index (χ4n) is 2.46. The predicted octanol–water partition coefficient (Wildman–Crippen LogP) is 4.36. The number of para-hydroxylation sites is 1. The van der Waals surface area contributed by atoms with Crippen molar-refractivity contribution in [1.82, 2.24) is 5.32 Å². The number of rotatable bonds is 8. The van der Waals surface area contributed by atoms with Crippen LogP contribution in [0.3, 0.4) is 0 Å². The number of hydrogen-bond donors (Lipinski definition) is 2. The Kier molecular flexibility index (Phi) is 7.21. The summed E-state index contributed by atoms with van der Waals surface area (Å²) in [6.07, 6.45) is 1.17. The van der Waals surface area contributed by atoms with Crippen molar-refractivity contribution in [3.63, 3.8) is 0 Å². The van der Waals surface area contributed by atoms with Gasteiger partial charge in [0.1, 0.15) is 17.5 Å². The molecule has 5 heteroatoms. The van der Waals surface area contributed by atoms with Gasteiger partial charge < -0.3 is 15.4 Å². The first-order valence-electron chi connectivity index (χ1n) is 8.92. The molecule has 1 unspecified atom stereocenters. The molecule has 0 spiro atoms. The second-order valence-electron chi connectivity index (χ2n) is 6.47. The third-order valence-electron chi connectivity index (χ3n) is 3.84. The molecule has 0 heterocycles. The van der Waals surface area contributed by atoms with Gasteiger partial charge in [-0.05, 0) is 48.7 Å². The smallest absolute Gasteiger partial charge is 0.247 e. The first kappa shape index (κ1) is 19.5. The Labute approximate surface area is 154 Å². The van der Waals surface area contributed by atoms with Crippen LogP contribution in [0, 0.1) is 5.92 Å². The van der Waals surface area contributed by atoms with Crippen LogP contribution >= 0.6 is 0 Å². The number of anilines is 1. The SMILES string of the molecule is CCCC(=O)NC(C(=O)Nc1ccc(Oc2ccccc2)cc1)C(C)C. The molecule has 5 nitrogen and oxygen atoms in total. The molecule has 0 aliphatic carbocycles. The zero-order chi connectivity index (χ0) is 18.9. The molecule has 138 valence electrons. The fraction of sp³-hybridized carbons (Fsp3) is 0.333. The summed E-state index contributed by atoms with van der Waals surface area (Å²) < 4.78 is 5.73. The highest BCUT2D eigenvalue weighted by Gasteiger charge is 2.23. The van der Waals surface area contributed by atoms with E-state index in [2.05, 4.69) is 10.6 Å². The van der Waals surface area contributed by atoms with Gasteiger partial charge >= 0.3 is 0 Å². The maximum Gasteiger partial charge on any atom is 0.247 e. The highest BCUT2D eigenvalue weighted by atomic mass is 16.5. The van der Waals surface area contributed by atoms with E-state index in [9.17, 15) is 9.59 Å². The Morgan fingerprint density at radius 3 is 2.15 bits per heavy atom. The summed E-state index contributed by atoms with van der Waals surface area (Å²) in [4.78, 5) is 24.3. The minimum atomic E-state index is -0.561. The number of carbonyl (C=O) groups is 2. The van der Waals surface area contributed by atoms with Crippen LogP contribution in [0.15, 0.2) is 54.6 Å². The molecule has 0 aliphatic heterocycles. The lowest BCUT2D eigenvalue weighted by molar-refractivity contribution is -0.127. The number of nitrogens with one attached hydrogen (secondary N) is 2. The van der Waals surface area contributed by atoms with Gasteiger partial charge in [0, 0.05) is 12.1 Å². The van der Waals surface area contributed by atoms with Crippen molar-refractivity contribution in [3.8, 4) is 11.5 Å². The zero-order valence-corrected chi connectivity index (χ0v) is 15.5. The Bertz CT molecular complexity index is 712. The molecule has 2 aromatic carbocycles. The maximum absolute atomic E-state index is 12.5. The van der Waals surface area contributed by atoms with Crippen molar-refractivity contribution in [2.75, 3.05) is 5.32 Å². The summed E-state index contributed by atoms with van der Waals surface area (Å²) in [5, 5.41) is 5.66. The molecule has 0 aromatic heterocycles. The molecular formula is C21H26N2O3. The molecule has 0 aliphatic rings. The first-order valence-corrected chi connectivity index (χ1v) is 8.92. The molecule has 2 N–H and O–H groups in total. The summed E-state index contributed by atoms with van der Waals surface area (Å²) in [6, 6.07) is 16.1. The van der Waals surface area contributed by atoms with E-state index in [1.165, 1.54) is 0 Å². The minimum Gasteiger partial charge on any atom is -0.457 e. The van der Waals surface area contributed by atoms with Crippen LogP contribution < -0.4 is 15.4 Å². The Hall–Kier alpha value is -2.82. The highest BCUT2D eigenvalue weighted by Crippen LogP contribution is 2.22. The lowest BCUT2D eigenvalue weighted by atomic mass is 10.0. The van der Waals surface area contributed by atoms with Crippen LogP contribution in [0.4, 0.5) is 5.69 Å². The molecule has 26 heavy (non-hydrogen) atoms. The normalized spacial score (nSPS) is 11.7. The number of ether oxygens (including phenoxy) is 1. The lowest BCUT2D eigenvalue weighted by Crippen LogP contribution is -2.47. The molecule has 1 atom stereocenters. The third-order valence-corrected chi connectivity index (χ3v) is 3.84. The highest BCUT2D eigenvalue weighted by molar-refractivity contribution is 5.97. The van der Waals surface area contributed by atoms with Crippen molar-refractivity contribution in [3.05, 3.63) is 54.6 Å². The second kappa shape index (κ2) is 9.61. The number of benzene rings is 2. The molecule has 0 radical (unpaired) electrons.